The van der Waals surface area contributed by atoms with Gasteiger partial charge < -0.3 is 9.59 Å². The fourth-order valence-electron chi connectivity index (χ4n) is 2.76. The molecule has 110 valence electrons. The van der Waals surface area contributed by atoms with Gasteiger partial charge in [-0.25, -0.2) is 0 Å². The number of aliphatic hydroxyl groups is 1. The molecular formula is C16H36NO+. The molecule has 0 aliphatic carbocycles. The molecular weight excluding hydrogens is 222 g/mol. The lowest BCUT2D eigenvalue weighted by Gasteiger charge is -2.36. The molecule has 0 amide bonds. The van der Waals surface area contributed by atoms with Crippen molar-refractivity contribution >= 4 is 0 Å². The lowest BCUT2D eigenvalue weighted by atomic mass is 10.1. The van der Waals surface area contributed by atoms with Crippen molar-refractivity contribution in [3.63, 3.8) is 0 Å². The molecule has 18 heavy (non-hydrogen) atoms. The second-order valence-corrected chi connectivity index (χ2v) is 5.62. The minimum atomic E-state index is 0.332. The van der Waals surface area contributed by atoms with E-state index in [1.165, 1.54) is 57.9 Å². The fraction of sp³-hybridized carbons (Fsp3) is 1.00. The van der Waals surface area contributed by atoms with E-state index in [1.54, 1.807) is 0 Å². The third kappa shape index (κ3) is 8.10. The van der Waals surface area contributed by atoms with E-state index >= 15 is 0 Å². The monoisotopic (exact) mass is 258 g/mol. The molecule has 0 aromatic heterocycles. The van der Waals surface area contributed by atoms with Crippen LogP contribution in [-0.2, 0) is 0 Å². The average Bonchev–Trinajstić information content (AvgIpc) is 2.40. The van der Waals surface area contributed by atoms with Crippen LogP contribution >= 0.6 is 0 Å². The zero-order chi connectivity index (χ0) is 13.7. The van der Waals surface area contributed by atoms with E-state index in [4.69, 9.17) is 0 Å². The Kier molecular flexibility index (Phi) is 11.9. The maximum atomic E-state index is 9.17. The quantitative estimate of drug-likeness (QED) is 0.391. The third-order valence-electron chi connectivity index (χ3n) is 4.40. The lowest BCUT2D eigenvalue weighted by Crippen LogP contribution is -2.50. The molecule has 0 heterocycles. The first-order chi connectivity index (χ1) is 8.74. The molecule has 0 atom stereocenters. The summed E-state index contributed by atoms with van der Waals surface area (Å²) < 4.78 is 1.10. The van der Waals surface area contributed by atoms with Gasteiger partial charge in [0, 0.05) is 0 Å². The number of unbranched alkanes of at least 4 members (excludes halogenated alkanes) is 7. The van der Waals surface area contributed by atoms with Crippen molar-refractivity contribution in [3.05, 3.63) is 0 Å². The second kappa shape index (κ2) is 12.0. The fourth-order valence-corrected chi connectivity index (χ4v) is 2.76. The van der Waals surface area contributed by atoms with Crippen molar-refractivity contribution < 1.29 is 9.59 Å². The molecule has 0 saturated heterocycles. The molecule has 0 radical (unpaired) electrons. The number of rotatable bonds is 13. The van der Waals surface area contributed by atoms with E-state index in [2.05, 4.69) is 20.8 Å². The zero-order valence-corrected chi connectivity index (χ0v) is 13.1. The Morgan fingerprint density at radius 2 is 1.17 bits per heavy atom. The van der Waals surface area contributed by atoms with E-state index in [0.717, 1.165) is 24.1 Å². The molecule has 2 heteroatoms. The lowest BCUT2D eigenvalue weighted by molar-refractivity contribution is -0.925. The van der Waals surface area contributed by atoms with Crippen molar-refractivity contribution in [3.8, 4) is 0 Å². The predicted molar refractivity (Wildman–Crippen MR) is 80.8 cm³/mol. The Labute approximate surface area is 115 Å². The smallest absolute Gasteiger partial charge is 0.102 e. The summed E-state index contributed by atoms with van der Waals surface area (Å²) in [6.45, 7) is 11.6. The van der Waals surface area contributed by atoms with Crippen LogP contribution in [-0.4, -0.2) is 42.4 Å². The molecule has 0 spiro atoms. The summed E-state index contributed by atoms with van der Waals surface area (Å²) in [6, 6.07) is 0. The first-order valence-electron chi connectivity index (χ1n) is 8.20. The summed E-state index contributed by atoms with van der Waals surface area (Å²) in [5.74, 6) is 0. The topological polar surface area (TPSA) is 20.2 Å². The summed E-state index contributed by atoms with van der Waals surface area (Å²) in [5, 5.41) is 9.17. The molecule has 0 aliphatic rings. The first kappa shape index (κ1) is 17.9. The molecule has 0 fully saturated rings. The van der Waals surface area contributed by atoms with Gasteiger partial charge in [0.15, 0.2) is 0 Å². The Morgan fingerprint density at radius 1 is 0.667 bits per heavy atom. The van der Waals surface area contributed by atoms with Gasteiger partial charge in [0.25, 0.3) is 0 Å². The van der Waals surface area contributed by atoms with Crippen LogP contribution in [0, 0.1) is 0 Å². The molecule has 0 rings (SSSR count). The molecule has 0 bridgehead atoms. The van der Waals surface area contributed by atoms with Crippen LogP contribution < -0.4 is 0 Å². The summed E-state index contributed by atoms with van der Waals surface area (Å²) in [6.07, 6.45) is 11.1. The van der Waals surface area contributed by atoms with Gasteiger partial charge in [-0.15, -0.1) is 0 Å². The van der Waals surface area contributed by atoms with Gasteiger partial charge >= 0.3 is 0 Å². The van der Waals surface area contributed by atoms with Gasteiger partial charge in [-0.3, -0.25) is 0 Å². The van der Waals surface area contributed by atoms with Crippen molar-refractivity contribution in [1.29, 1.82) is 0 Å². The van der Waals surface area contributed by atoms with E-state index in [0.29, 0.717) is 6.61 Å². The molecule has 0 aromatic rings. The van der Waals surface area contributed by atoms with Gasteiger partial charge in [0.2, 0.25) is 0 Å². The highest BCUT2D eigenvalue weighted by Gasteiger charge is 2.21. The number of nitrogens with zero attached hydrogens (tertiary/aromatic N) is 1. The van der Waals surface area contributed by atoms with Crippen LogP contribution in [0.1, 0.15) is 72.1 Å². The molecule has 2 nitrogen and oxygen atoms in total. The van der Waals surface area contributed by atoms with Crippen molar-refractivity contribution in [2.75, 3.05) is 32.8 Å². The van der Waals surface area contributed by atoms with Crippen molar-refractivity contribution in [1.82, 2.24) is 0 Å². The Bertz CT molecular complexity index is 166. The van der Waals surface area contributed by atoms with Crippen LogP contribution in [0.4, 0.5) is 0 Å². The van der Waals surface area contributed by atoms with E-state index < -0.39 is 0 Å². The van der Waals surface area contributed by atoms with Crippen molar-refractivity contribution in [2.24, 2.45) is 0 Å². The molecule has 1 N–H and O–H groups in total. The Hall–Kier alpha value is -0.0800. The largest absolute Gasteiger partial charge is 0.391 e. The van der Waals surface area contributed by atoms with E-state index in [9.17, 15) is 5.11 Å². The van der Waals surface area contributed by atoms with Crippen LogP contribution in [0.2, 0.25) is 0 Å². The number of hydrogen-bond donors (Lipinski definition) is 1. The van der Waals surface area contributed by atoms with Gasteiger partial charge in [0.1, 0.15) is 6.54 Å². The first-order valence-corrected chi connectivity index (χ1v) is 8.20. The number of hydrogen-bond acceptors (Lipinski definition) is 1. The third-order valence-corrected chi connectivity index (χ3v) is 4.40. The van der Waals surface area contributed by atoms with Crippen LogP contribution in [0.5, 0.6) is 0 Å². The predicted octanol–water partition coefficient (Wildman–Crippen LogP) is 3.98. The number of quaternary nitrogens is 1. The number of aliphatic hydroxyl groups excluding tert-OH is 1. The summed E-state index contributed by atoms with van der Waals surface area (Å²) in [5.41, 5.74) is 0. The molecule has 0 saturated carbocycles. The second-order valence-electron chi connectivity index (χ2n) is 5.62. The highest BCUT2D eigenvalue weighted by molar-refractivity contribution is 4.48. The molecule has 0 aliphatic heterocycles. The Morgan fingerprint density at radius 3 is 1.61 bits per heavy atom. The average molecular weight is 258 g/mol. The number of likely N-dealkylation sites (N-methyl/N-ethyl adjacent to an activating group) is 1. The van der Waals surface area contributed by atoms with Gasteiger partial charge in [-0.2, -0.15) is 0 Å². The van der Waals surface area contributed by atoms with Crippen LogP contribution in [0.3, 0.4) is 0 Å². The van der Waals surface area contributed by atoms with Gasteiger partial charge in [-0.1, -0.05) is 45.4 Å². The summed E-state index contributed by atoms with van der Waals surface area (Å²) in [7, 11) is 0. The highest BCUT2D eigenvalue weighted by Crippen LogP contribution is 2.12. The van der Waals surface area contributed by atoms with Gasteiger partial charge in [-0.05, 0) is 26.7 Å². The van der Waals surface area contributed by atoms with Gasteiger partial charge in [0.05, 0.1) is 26.2 Å². The maximum Gasteiger partial charge on any atom is 0.102 e. The minimum absolute atomic E-state index is 0.332. The highest BCUT2D eigenvalue weighted by atomic mass is 16.3. The summed E-state index contributed by atoms with van der Waals surface area (Å²) in [4.78, 5) is 0. The van der Waals surface area contributed by atoms with E-state index in [-0.39, 0.29) is 0 Å². The SMILES string of the molecule is CCCCCCCCCC[N+](CC)(CC)CCO. The summed E-state index contributed by atoms with van der Waals surface area (Å²) >= 11 is 0. The van der Waals surface area contributed by atoms with Crippen molar-refractivity contribution in [2.45, 2.75) is 72.1 Å². The molecule has 0 unspecified atom stereocenters. The molecule has 0 aromatic carbocycles. The van der Waals surface area contributed by atoms with Crippen LogP contribution in [0.25, 0.3) is 0 Å². The minimum Gasteiger partial charge on any atom is -0.391 e. The van der Waals surface area contributed by atoms with Crippen LogP contribution in [0.15, 0.2) is 0 Å². The van der Waals surface area contributed by atoms with E-state index in [1.807, 2.05) is 0 Å². The zero-order valence-electron chi connectivity index (χ0n) is 13.1. The normalized spacial score (nSPS) is 12.0. The maximum absolute atomic E-state index is 9.17. The Balaban J connectivity index is 3.55. The standard InChI is InChI=1S/C16H36NO/c1-4-7-8-9-10-11-12-13-14-17(5-2,6-3)15-16-18/h18H,4-16H2,1-3H3/q+1.